The van der Waals surface area contributed by atoms with E-state index >= 15 is 0 Å². The van der Waals surface area contributed by atoms with Crippen molar-refractivity contribution in [2.24, 2.45) is 0 Å². The molecule has 112 valence electrons. The Hall–Kier alpha value is -1.39. The molecule has 1 aromatic heterocycles. The summed E-state index contributed by atoms with van der Waals surface area (Å²) in [6, 6.07) is 12.0. The highest BCUT2D eigenvalue weighted by molar-refractivity contribution is 9.10. The minimum absolute atomic E-state index is 0.0964. The second-order valence-corrected chi connectivity index (χ2v) is 6.84. The summed E-state index contributed by atoms with van der Waals surface area (Å²) in [6.45, 7) is 7.76. The maximum absolute atomic E-state index is 5.78. The van der Waals surface area contributed by atoms with E-state index in [0.29, 0.717) is 12.5 Å². The number of nitrogens with zero attached hydrogens (tertiary/aromatic N) is 1. The Morgan fingerprint density at radius 3 is 2.67 bits per heavy atom. The van der Waals surface area contributed by atoms with Crippen LogP contribution in [0, 0.1) is 0 Å². The molecule has 0 saturated carbocycles. The summed E-state index contributed by atoms with van der Waals surface area (Å²) in [7, 11) is 0. The lowest BCUT2D eigenvalue weighted by Crippen LogP contribution is -2.35. The van der Waals surface area contributed by atoms with E-state index in [1.165, 1.54) is 5.56 Å². The lowest BCUT2D eigenvalue weighted by atomic mass is 10.1. The van der Waals surface area contributed by atoms with Crippen LogP contribution in [0.1, 0.15) is 31.9 Å². The first-order valence-electron chi connectivity index (χ1n) is 7.00. The van der Waals surface area contributed by atoms with Gasteiger partial charge < -0.3 is 10.1 Å². The Balaban J connectivity index is 1.96. The molecule has 0 fully saturated rings. The van der Waals surface area contributed by atoms with Crippen LogP contribution in [-0.2, 0) is 13.2 Å². The first kappa shape index (κ1) is 16.0. The van der Waals surface area contributed by atoms with Crippen LogP contribution in [0.2, 0.25) is 0 Å². The molecule has 3 nitrogen and oxygen atoms in total. The van der Waals surface area contributed by atoms with Gasteiger partial charge in [-0.25, -0.2) is 4.98 Å². The third kappa shape index (κ3) is 5.48. The molecular weight excluding hydrogens is 328 g/mol. The monoisotopic (exact) mass is 348 g/mol. The molecule has 0 amide bonds. The van der Waals surface area contributed by atoms with Gasteiger partial charge in [0, 0.05) is 34.4 Å². The summed E-state index contributed by atoms with van der Waals surface area (Å²) in [5.41, 5.74) is 2.37. The van der Waals surface area contributed by atoms with Crippen molar-refractivity contribution in [1.82, 2.24) is 10.3 Å². The van der Waals surface area contributed by atoms with E-state index < -0.39 is 0 Å². The third-order valence-corrected chi connectivity index (χ3v) is 3.73. The molecule has 2 aromatic rings. The summed E-state index contributed by atoms with van der Waals surface area (Å²) in [5.74, 6) is 0.652. The number of benzene rings is 1. The zero-order chi connectivity index (χ0) is 15.3. The van der Waals surface area contributed by atoms with Gasteiger partial charge in [0.15, 0.2) is 0 Å². The van der Waals surface area contributed by atoms with E-state index in [9.17, 15) is 0 Å². The highest BCUT2D eigenvalue weighted by Gasteiger charge is 2.09. The van der Waals surface area contributed by atoms with E-state index in [-0.39, 0.29) is 5.54 Å². The van der Waals surface area contributed by atoms with Crippen LogP contribution in [0.25, 0.3) is 0 Å². The van der Waals surface area contributed by atoms with Gasteiger partial charge in [-0.05, 0) is 38.5 Å². The van der Waals surface area contributed by atoms with E-state index in [0.717, 1.165) is 16.6 Å². The maximum Gasteiger partial charge on any atom is 0.213 e. The van der Waals surface area contributed by atoms with Crippen molar-refractivity contribution in [2.45, 2.75) is 39.5 Å². The lowest BCUT2D eigenvalue weighted by Gasteiger charge is -2.20. The summed E-state index contributed by atoms with van der Waals surface area (Å²) in [6.07, 6.45) is 1.79. The van der Waals surface area contributed by atoms with Gasteiger partial charge in [-0.1, -0.05) is 34.1 Å². The molecule has 1 aromatic carbocycles. The van der Waals surface area contributed by atoms with Crippen molar-refractivity contribution in [1.29, 1.82) is 0 Å². The van der Waals surface area contributed by atoms with Gasteiger partial charge in [-0.2, -0.15) is 0 Å². The van der Waals surface area contributed by atoms with Crippen molar-refractivity contribution < 1.29 is 4.74 Å². The van der Waals surface area contributed by atoms with E-state index in [4.69, 9.17) is 4.74 Å². The van der Waals surface area contributed by atoms with Crippen LogP contribution >= 0.6 is 15.9 Å². The smallest absolute Gasteiger partial charge is 0.213 e. The highest BCUT2D eigenvalue weighted by Crippen LogP contribution is 2.18. The number of nitrogens with one attached hydrogen (secondary N) is 1. The fraction of sp³-hybridized carbons (Fsp3) is 0.353. The summed E-state index contributed by atoms with van der Waals surface area (Å²) >= 11 is 3.52. The van der Waals surface area contributed by atoms with Gasteiger partial charge >= 0.3 is 0 Å². The minimum Gasteiger partial charge on any atom is -0.473 e. The quantitative estimate of drug-likeness (QED) is 0.873. The lowest BCUT2D eigenvalue weighted by molar-refractivity contribution is 0.292. The molecule has 0 saturated heterocycles. The molecule has 21 heavy (non-hydrogen) atoms. The van der Waals surface area contributed by atoms with Crippen LogP contribution < -0.4 is 10.1 Å². The number of ether oxygens (including phenoxy) is 1. The number of rotatable bonds is 5. The largest absolute Gasteiger partial charge is 0.473 e. The van der Waals surface area contributed by atoms with E-state index in [1.807, 2.05) is 36.4 Å². The standard InChI is InChI=1S/C17H21BrN2O/c1-17(2,3)20-11-13-8-9-19-16(10-13)21-12-14-6-4-5-7-15(14)18/h4-10,20H,11-12H2,1-3H3. The number of hydrogen-bond acceptors (Lipinski definition) is 3. The average Bonchev–Trinajstić information content (AvgIpc) is 2.44. The summed E-state index contributed by atoms with van der Waals surface area (Å²) in [5, 5.41) is 3.46. The second-order valence-electron chi connectivity index (χ2n) is 5.99. The molecule has 0 aliphatic carbocycles. The molecule has 2 rings (SSSR count). The van der Waals surface area contributed by atoms with E-state index in [1.54, 1.807) is 6.20 Å². The van der Waals surface area contributed by atoms with Crippen molar-refractivity contribution in [2.75, 3.05) is 0 Å². The minimum atomic E-state index is 0.0964. The SMILES string of the molecule is CC(C)(C)NCc1ccnc(OCc2ccccc2Br)c1. The number of aromatic nitrogens is 1. The molecule has 4 heteroatoms. The molecule has 0 aliphatic heterocycles. The Kier molecular flexibility index (Phi) is 5.37. The number of pyridine rings is 1. The fourth-order valence-corrected chi connectivity index (χ4v) is 2.17. The van der Waals surface area contributed by atoms with Crippen molar-refractivity contribution >= 4 is 15.9 Å². The van der Waals surface area contributed by atoms with Crippen LogP contribution in [0.3, 0.4) is 0 Å². The van der Waals surface area contributed by atoms with Gasteiger partial charge in [0.2, 0.25) is 5.88 Å². The highest BCUT2D eigenvalue weighted by atomic mass is 79.9. The molecule has 0 spiro atoms. The van der Waals surface area contributed by atoms with Gasteiger partial charge in [-0.15, -0.1) is 0 Å². The molecular formula is C17H21BrN2O. The van der Waals surface area contributed by atoms with Gasteiger partial charge in [0.1, 0.15) is 6.61 Å². The summed E-state index contributed by atoms with van der Waals surface area (Å²) in [4.78, 5) is 4.26. The van der Waals surface area contributed by atoms with Crippen molar-refractivity contribution in [3.8, 4) is 5.88 Å². The third-order valence-electron chi connectivity index (χ3n) is 2.96. The topological polar surface area (TPSA) is 34.2 Å². The normalized spacial score (nSPS) is 11.4. The second kappa shape index (κ2) is 7.05. The fourth-order valence-electron chi connectivity index (χ4n) is 1.77. The Bertz CT molecular complexity index is 593. The predicted octanol–water partition coefficient (Wildman–Crippen LogP) is 4.31. The van der Waals surface area contributed by atoms with Crippen LogP contribution in [0.5, 0.6) is 5.88 Å². The average molecular weight is 349 g/mol. The zero-order valence-electron chi connectivity index (χ0n) is 12.7. The molecule has 0 atom stereocenters. The molecule has 0 bridgehead atoms. The van der Waals surface area contributed by atoms with Crippen molar-refractivity contribution in [3.05, 3.63) is 58.2 Å². The maximum atomic E-state index is 5.78. The number of hydrogen-bond donors (Lipinski definition) is 1. The van der Waals surface area contributed by atoms with Gasteiger partial charge in [0.05, 0.1) is 0 Å². The zero-order valence-corrected chi connectivity index (χ0v) is 14.3. The van der Waals surface area contributed by atoms with Crippen LogP contribution in [0.4, 0.5) is 0 Å². The first-order valence-corrected chi connectivity index (χ1v) is 7.79. The van der Waals surface area contributed by atoms with Crippen LogP contribution in [-0.4, -0.2) is 10.5 Å². The van der Waals surface area contributed by atoms with Gasteiger partial charge in [-0.3, -0.25) is 0 Å². The Morgan fingerprint density at radius 2 is 1.95 bits per heavy atom. The Labute approximate surface area is 134 Å². The molecule has 1 N–H and O–H groups in total. The van der Waals surface area contributed by atoms with Gasteiger partial charge in [0.25, 0.3) is 0 Å². The molecule has 0 aliphatic rings. The van der Waals surface area contributed by atoms with Crippen LogP contribution in [0.15, 0.2) is 47.1 Å². The van der Waals surface area contributed by atoms with Crippen molar-refractivity contribution in [3.63, 3.8) is 0 Å². The molecule has 0 radical (unpaired) electrons. The molecule has 0 unspecified atom stereocenters. The predicted molar refractivity (Wildman–Crippen MR) is 89.3 cm³/mol. The summed E-state index contributed by atoms with van der Waals surface area (Å²) < 4.78 is 6.83. The number of halogens is 1. The first-order chi connectivity index (χ1) is 9.94. The molecule has 1 heterocycles. The van der Waals surface area contributed by atoms with E-state index in [2.05, 4.69) is 47.0 Å². The Morgan fingerprint density at radius 1 is 1.19 bits per heavy atom.